The smallest absolute Gasteiger partial charge is 0.217 e. The number of halogens is 1. The van der Waals surface area contributed by atoms with Crippen LogP contribution in [0.5, 0.6) is 0 Å². The van der Waals surface area contributed by atoms with Crippen LogP contribution in [-0.2, 0) is 11.2 Å². The van der Waals surface area contributed by atoms with Gasteiger partial charge in [0.2, 0.25) is 5.91 Å². The summed E-state index contributed by atoms with van der Waals surface area (Å²) in [5.74, 6) is 1.09. The minimum absolute atomic E-state index is 0.0821. The van der Waals surface area contributed by atoms with Crippen molar-refractivity contribution in [2.75, 3.05) is 0 Å². The number of carbonyl (C=O) groups excluding carboxylic acids is 1. The third-order valence-electron chi connectivity index (χ3n) is 6.45. The number of benzene rings is 2. The van der Waals surface area contributed by atoms with E-state index in [2.05, 4.69) is 47.8 Å². The molecule has 1 heterocycles. The molecule has 152 valence electrons. The number of para-hydroxylation sites is 1. The van der Waals surface area contributed by atoms with Crippen LogP contribution in [0.1, 0.15) is 61.6 Å². The Bertz CT molecular complexity index is 928. The molecular formula is C25H29ClN2O. The summed E-state index contributed by atoms with van der Waals surface area (Å²) in [7, 11) is 0. The molecule has 1 unspecified atom stereocenters. The molecule has 1 fully saturated rings. The minimum Gasteiger partial charge on any atom is -0.354 e. The van der Waals surface area contributed by atoms with Gasteiger partial charge in [-0.25, -0.2) is 0 Å². The van der Waals surface area contributed by atoms with E-state index < -0.39 is 0 Å². The van der Waals surface area contributed by atoms with Crippen LogP contribution < -0.4 is 5.32 Å². The van der Waals surface area contributed by atoms with E-state index in [-0.39, 0.29) is 5.91 Å². The second-order valence-corrected chi connectivity index (χ2v) is 8.94. The van der Waals surface area contributed by atoms with Gasteiger partial charge in [0.25, 0.3) is 0 Å². The van der Waals surface area contributed by atoms with Gasteiger partial charge in [0.15, 0.2) is 0 Å². The predicted molar refractivity (Wildman–Crippen MR) is 120 cm³/mol. The maximum atomic E-state index is 11.4. The summed E-state index contributed by atoms with van der Waals surface area (Å²) in [5, 5.41) is 3.94. The number of aliphatic imine (C=N–C) groups is 1. The highest BCUT2D eigenvalue weighted by molar-refractivity contribution is 6.31. The Morgan fingerprint density at radius 1 is 1.10 bits per heavy atom. The van der Waals surface area contributed by atoms with E-state index in [0.717, 1.165) is 54.8 Å². The maximum absolute atomic E-state index is 11.4. The van der Waals surface area contributed by atoms with Crippen molar-refractivity contribution in [3.63, 3.8) is 0 Å². The molecule has 0 saturated heterocycles. The fourth-order valence-corrected chi connectivity index (χ4v) is 5.15. The molecule has 29 heavy (non-hydrogen) atoms. The largest absolute Gasteiger partial charge is 0.354 e. The first-order valence-corrected chi connectivity index (χ1v) is 11.1. The first-order chi connectivity index (χ1) is 14.0. The van der Waals surface area contributed by atoms with E-state index in [9.17, 15) is 4.79 Å². The second kappa shape index (κ2) is 8.71. The second-order valence-electron chi connectivity index (χ2n) is 8.54. The van der Waals surface area contributed by atoms with Gasteiger partial charge in [-0.2, -0.15) is 0 Å². The van der Waals surface area contributed by atoms with Gasteiger partial charge in [-0.3, -0.25) is 9.79 Å². The summed E-state index contributed by atoms with van der Waals surface area (Å²) in [5.41, 5.74) is 6.22. The number of fused-ring (bicyclic) bond motifs is 1. The fourth-order valence-electron chi connectivity index (χ4n) is 4.94. The lowest BCUT2D eigenvalue weighted by Crippen LogP contribution is -2.37. The van der Waals surface area contributed by atoms with Gasteiger partial charge in [-0.15, -0.1) is 0 Å². The van der Waals surface area contributed by atoms with Gasteiger partial charge in [0.1, 0.15) is 0 Å². The normalized spacial score (nSPS) is 23.4. The number of carbonyl (C=O) groups is 1. The van der Waals surface area contributed by atoms with Crippen molar-refractivity contribution in [1.29, 1.82) is 0 Å². The molecule has 0 aromatic heterocycles. The Kier molecular flexibility index (Phi) is 6.05. The van der Waals surface area contributed by atoms with Gasteiger partial charge >= 0.3 is 0 Å². The van der Waals surface area contributed by atoms with E-state index in [0.29, 0.717) is 17.9 Å². The van der Waals surface area contributed by atoms with Crippen molar-refractivity contribution in [1.82, 2.24) is 5.32 Å². The molecule has 1 saturated carbocycles. The van der Waals surface area contributed by atoms with Gasteiger partial charge in [0, 0.05) is 29.6 Å². The molecule has 2 aromatic carbocycles. The summed E-state index contributed by atoms with van der Waals surface area (Å²) < 4.78 is 0. The first kappa shape index (κ1) is 20.2. The van der Waals surface area contributed by atoms with Crippen molar-refractivity contribution in [3.8, 4) is 0 Å². The highest BCUT2D eigenvalue weighted by Crippen LogP contribution is 2.45. The molecule has 3 nitrogen and oxygen atoms in total. The van der Waals surface area contributed by atoms with Crippen LogP contribution in [0.4, 0.5) is 5.69 Å². The van der Waals surface area contributed by atoms with Crippen LogP contribution in [0.3, 0.4) is 0 Å². The topological polar surface area (TPSA) is 41.5 Å². The predicted octanol–water partition coefficient (Wildman–Crippen LogP) is 6.15. The molecule has 4 heteroatoms. The third kappa shape index (κ3) is 4.56. The quantitative estimate of drug-likeness (QED) is 0.633. The molecule has 1 aliphatic heterocycles. The number of rotatable bonds is 5. The average Bonchev–Trinajstić information content (AvgIpc) is 3.07. The number of nitrogens with zero attached hydrogens (tertiary/aromatic N) is 1. The Balaban J connectivity index is 1.49. The maximum Gasteiger partial charge on any atom is 0.217 e. The fraction of sp³-hybridized carbons (Fsp3) is 0.440. The molecule has 2 aliphatic rings. The lowest BCUT2D eigenvalue weighted by atomic mass is 9.73. The van der Waals surface area contributed by atoms with Crippen LogP contribution in [0.25, 0.3) is 0 Å². The molecule has 1 N–H and O–H groups in total. The lowest BCUT2D eigenvalue weighted by Gasteiger charge is -2.33. The molecule has 0 spiro atoms. The Hall–Kier alpha value is -2.13. The van der Waals surface area contributed by atoms with E-state index in [1.807, 2.05) is 6.92 Å². The van der Waals surface area contributed by atoms with E-state index in [1.165, 1.54) is 16.8 Å². The van der Waals surface area contributed by atoms with Gasteiger partial charge in [0.05, 0.1) is 5.69 Å². The minimum atomic E-state index is 0.0821. The van der Waals surface area contributed by atoms with Crippen LogP contribution in [0, 0.1) is 12.8 Å². The molecule has 4 rings (SSSR count). The third-order valence-corrected chi connectivity index (χ3v) is 6.86. The average molecular weight is 409 g/mol. The van der Waals surface area contributed by atoms with Gasteiger partial charge in [-0.1, -0.05) is 41.9 Å². The van der Waals surface area contributed by atoms with Crippen LogP contribution in [0.2, 0.25) is 5.02 Å². The molecule has 1 amide bonds. The van der Waals surface area contributed by atoms with Crippen molar-refractivity contribution in [3.05, 3.63) is 64.2 Å². The van der Waals surface area contributed by atoms with Gasteiger partial charge < -0.3 is 5.32 Å². The molecule has 0 bridgehead atoms. The Labute approximate surface area is 178 Å². The SMILES string of the molecule is CC(=O)NC1CCC(C2C(CCc3ccc(C)c(Cl)c3)=Nc3ccccc32)CC1. The molecule has 2 aromatic rings. The Morgan fingerprint density at radius 2 is 1.86 bits per heavy atom. The van der Waals surface area contributed by atoms with Crippen LogP contribution in [0.15, 0.2) is 47.5 Å². The number of aryl methyl sites for hydroxylation is 2. The van der Waals surface area contributed by atoms with Crippen molar-refractivity contribution < 1.29 is 4.79 Å². The number of hydrogen-bond donors (Lipinski definition) is 1. The van der Waals surface area contributed by atoms with E-state index >= 15 is 0 Å². The zero-order valence-electron chi connectivity index (χ0n) is 17.2. The van der Waals surface area contributed by atoms with Crippen molar-refractivity contribution in [2.24, 2.45) is 10.9 Å². The van der Waals surface area contributed by atoms with E-state index in [1.54, 1.807) is 6.92 Å². The number of amides is 1. The number of nitrogens with one attached hydrogen (secondary N) is 1. The van der Waals surface area contributed by atoms with Crippen LogP contribution >= 0.6 is 11.6 Å². The highest BCUT2D eigenvalue weighted by Gasteiger charge is 2.35. The van der Waals surface area contributed by atoms with E-state index in [4.69, 9.17) is 16.6 Å². The standard InChI is InChI=1S/C25H29ClN2O/c1-16-7-8-18(15-22(16)26)9-14-24-25(21-5-3-4-6-23(21)28-24)19-10-12-20(13-11-19)27-17(2)29/h3-8,15,19-20,25H,9-14H2,1-2H3,(H,27,29). The van der Waals surface area contributed by atoms with Crippen molar-refractivity contribution >= 4 is 28.9 Å². The monoisotopic (exact) mass is 408 g/mol. The van der Waals surface area contributed by atoms with Gasteiger partial charge in [-0.05, 0) is 80.2 Å². The summed E-state index contributed by atoms with van der Waals surface area (Å²) in [6.07, 6.45) is 6.32. The zero-order valence-corrected chi connectivity index (χ0v) is 18.0. The summed E-state index contributed by atoms with van der Waals surface area (Å²) >= 11 is 6.32. The van der Waals surface area contributed by atoms with Crippen LogP contribution in [-0.4, -0.2) is 17.7 Å². The van der Waals surface area contributed by atoms with Crippen molar-refractivity contribution in [2.45, 2.75) is 64.3 Å². The molecule has 0 radical (unpaired) electrons. The zero-order chi connectivity index (χ0) is 20.4. The molecule has 1 atom stereocenters. The summed E-state index contributed by atoms with van der Waals surface area (Å²) in [4.78, 5) is 16.4. The molecular weight excluding hydrogens is 380 g/mol. The summed E-state index contributed by atoms with van der Waals surface area (Å²) in [6, 6.07) is 15.3. The lowest BCUT2D eigenvalue weighted by molar-refractivity contribution is -0.119. The Morgan fingerprint density at radius 3 is 2.59 bits per heavy atom. The summed E-state index contributed by atoms with van der Waals surface area (Å²) in [6.45, 7) is 3.65. The highest BCUT2D eigenvalue weighted by atomic mass is 35.5. The number of hydrogen-bond acceptors (Lipinski definition) is 2. The first-order valence-electron chi connectivity index (χ1n) is 10.7. The molecule has 1 aliphatic carbocycles.